The zero-order valence-corrected chi connectivity index (χ0v) is 12.8. The minimum Gasteiger partial charge on any atom is -0.372 e. The molecule has 1 saturated heterocycles. The predicted molar refractivity (Wildman–Crippen MR) is 85.1 cm³/mol. The molecule has 114 valence electrons. The number of ether oxygens (including phenoxy) is 1. The summed E-state index contributed by atoms with van der Waals surface area (Å²) in [4.78, 5) is 22.4. The van der Waals surface area contributed by atoms with Gasteiger partial charge in [-0.15, -0.1) is 0 Å². The van der Waals surface area contributed by atoms with Crippen LogP contribution in [-0.2, 0) is 4.74 Å². The van der Waals surface area contributed by atoms with Gasteiger partial charge in [0.1, 0.15) is 5.82 Å². The molecule has 3 heterocycles. The molecule has 0 spiro atoms. The summed E-state index contributed by atoms with van der Waals surface area (Å²) < 4.78 is 5.74. The molecule has 0 aromatic carbocycles. The van der Waals surface area contributed by atoms with Gasteiger partial charge < -0.3 is 9.64 Å². The maximum atomic E-state index is 11.5. The fourth-order valence-corrected chi connectivity index (χ4v) is 2.85. The highest BCUT2D eigenvalue weighted by Gasteiger charge is 2.25. The van der Waals surface area contributed by atoms with Crippen molar-refractivity contribution in [2.45, 2.75) is 26.1 Å². The van der Waals surface area contributed by atoms with Crippen LogP contribution >= 0.6 is 0 Å². The van der Waals surface area contributed by atoms with Gasteiger partial charge in [0.25, 0.3) is 0 Å². The molecule has 22 heavy (non-hydrogen) atoms. The van der Waals surface area contributed by atoms with Gasteiger partial charge in [0.2, 0.25) is 0 Å². The Labute approximate surface area is 130 Å². The Morgan fingerprint density at radius 3 is 2.64 bits per heavy atom. The summed E-state index contributed by atoms with van der Waals surface area (Å²) in [7, 11) is 0. The molecule has 0 N–H and O–H groups in total. The van der Waals surface area contributed by atoms with Gasteiger partial charge >= 0.3 is 0 Å². The van der Waals surface area contributed by atoms with Crippen LogP contribution in [0.5, 0.6) is 0 Å². The van der Waals surface area contributed by atoms with Crippen molar-refractivity contribution in [3.63, 3.8) is 0 Å². The van der Waals surface area contributed by atoms with Gasteiger partial charge in [0, 0.05) is 31.0 Å². The minimum absolute atomic E-state index is 0.125. The molecular weight excluding hydrogens is 278 g/mol. The smallest absolute Gasteiger partial charge is 0.153 e. The molecule has 1 aliphatic heterocycles. The molecular formula is C17H19N3O2. The SMILES string of the molecule is C[C@@H]1CN(c2ncc(-c3ccccn3)cc2C=O)C[C@H](C)O1. The monoisotopic (exact) mass is 297 g/mol. The molecule has 2 aromatic rings. The van der Waals surface area contributed by atoms with Crippen molar-refractivity contribution in [3.8, 4) is 11.3 Å². The quantitative estimate of drug-likeness (QED) is 0.815. The number of pyridine rings is 2. The maximum absolute atomic E-state index is 11.5. The fraction of sp³-hybridized carbons (Fsp3) is 0.353. The molecule has 0 aliphatic carbocycles. The normalized spacial score (nSPS) is 21.6. The molecule has 1 fully saturated rings. The van der Waals surface area contributed by atoms with Crippen LogP contribution in [0.15, 0.2) is 36.7 Å². The highest BCUT2D eigenvalue weighted by atomic mass is 16.5. The van der Waals surface area contributed by atoms with Crippen LogP contribution in [0.4, 0.5) is 5.82 Å². The molecule has 5 nitrogen and oxygen atoms in total. The topological polar surface area (TPSA) is 55.3 Å². The third kappa shape index (κ3) is 2.99. The Hall–Kier alpha value is -2.27. The second-order valence-corrected chi connectivity index (χ2v) is 5.63. The van der Waals surface area contributed by atoms with Crippen molar-refractivity contribution in [2.75, 3.05) is 18.0 Å². The van der Waals surface area contributed by atoms with E-state index in [4.69, 9.17) is 4.74 Å². The lowest BCUT2D eigenvalue weighted by Gasteiger charge is -2.36. The lowest BCUT2D eigenvalue weighted by atomic mass is 10.1. The Kier molecular flexibility index (Phi) is 4.15. The standard InChI is InChI=1S/C17H19N3O2/c1-12-9-20(10-13(2)22-12)17-15(11-21)7-14(8-19-17)16-5-3-4-6-18-16/h3-8,11-13H,9-10H2,1-2H3/t12-,13+. The third-order valence-electron chi connectivity index (χ3n) is 3.70. The van der Waals surface area contributed by atoms with E-state index in [0.717, 1.165) is 36.5 Å². The van der Waals surface area contributed by atoms with Gasteiger partial charge in [-0.1, -0.05) is 6.07 Å². The van der Waals surface area contributed by atoms with Crippen LogP contribution in [0.1, 0.15) is 24.2 Å². The van der Waals surface area contributed by atoms with Gasteiger partial charge in [-0.05, 0) is 32.0 Å². The Bertz CT molecular complexity index is 650. The number of aromatic nitrogens is 2. The minimum atomic E-state index is 0.125. The summed E-state index contributed by atoms with van der Waals surface area (Å²) >= 11 is 0. The largest absolute Gasteiger partial charge is 0.372 e. The number of carbonyl (C=O) groups excluding carboxylic acids is 1. The number of nitrogens with zero attached hydrogens (tertiary/aromatic N) is 3. The molecule has 0 unspecified atom stereocenters. The van der Waals surface area contributed by atoms with E-state index in [2.05, 4.69) is 14.9 Å². The average molecular weight is 297 g/mol. The molecule has 0 radical (unpaired) electrons. The summed E-state index contributed by atoms with van der Waals surface area (Å²) in [6, 6.07) is 7.54. The second-order valence-electron chi connectivity index (χ2n) is 5.63. The number of aldehydes is 1. The molecule has 0 bridgehead atoms. The van der Waals surface area contributed by atoms with E-state index in [1.54, 1.807) is 12.4 Å². The van der Waals surface area contributed by atoms with Gasteiger partial charge in [0.15, 0.2) is 6.29 Å². The maximum Gasteiger partial charge on any atom is 0.153 e. The molecule has 0 saturated carbocycles. The Morgan fingerprint density at radius 2 is 2.00 bits per heavy atom. The summed E-state index contributed by atoms with van der Waals surface area (Å²) in [6.45, 7) is 5.54. The molecule has 2 aromatic heterocycles. The predicted octanol–water partition coefficient (Wildman–Crippen LogP) is 2.57. The number of carbonyl (C=O) groups is 1. The van der Waals surface area contributed by atoms with Gasteiger partial charge in [-0.25, -0.2) is 4.98 Å². The molecule has 0 amide bonds. The lowest BCUT2D eigenvalue weighted by molar-refractivity contribution is -0.00549. The summed E-state index contributed by atoms with van der Waals surface area (Å²) in [6.07, 6.45) is 4.62. The van der Waals surface area contributed by atoms with Crippen molar-refractivity contribution in [2.24, 2.45) is 0 Å². The van der Waals surface area contributed by atoms with E-state index in [1.165, 1.54) is 0 Å². The second kappa shape index (κ2) is 6.23. The van der Waals surface area contributed by atoms with Crippen LogP contribution in [0.3, 0.4) is 0 Å². The average Bonchev–Trinajstić information content (AvgIpc) is 2.54. The van der Waals surface area contributed by atoms with Crippen LogP contribution in [-0.4, -0.2) is 41.6 Å². The van der Waals surface area contributed by atoms with Crippen molar-refractivity contribution >= 4 is 12.1 Å². The first kappa shape index (κ1) is 14.7. The number of rotatable bonds is 3. The number of hydrogen-bond donors (Lipinski definition) is 0. The molecule has 2 atom stereocenters. The van der Waals surface area contributed by atoms with Crippen molar-refractivity contribution in [3.05, 3.63) is 42.2 Å². The van der Waals surface area contributed by atoms with E-state index in [1.807, 2.05) is 38.1 Å². The number of anilines is 1. The summed E-state index contributed by atoms with van der Waals surface area (Å²) in [5, 5.41) is 0. The van der Waals surface area contributed by atoms with E-state index in [0.29, 0.717) is 5.56 Å². The Balaban J connectivity index is 1.94. The van der Waals surface area contributed by atoms with Crippen molar-refractivity contribution < 1.29 is 9.53 Å². The van der Waals surface area contributed by atoms with Crippen LogP contribution in [0.25, 0.3) is 11.3 Å². The van der Waals surface area contributed by atoms with Crippen LogP contribution in [0.2, 0.25) is 0 Å². The van der Waals surface area contributed by atoms with Gasteiger partial charge in [-0.2, -0.15) is 0 Å². The first-order chi connectivity index (χ1) is 10.7. The molecule has 3 rings (SSSR count). The van der Waals surface area contributed by atoms with E-state index < -0.39 is 0 Å². The number of hydrogen-bond acceptors (Lipinski definition) is 5. The summed E-state index contributed by atoms with van der Waals surface area (Å²) in [5.41, 5.74) is 2.25. The van der Waals surface area contributed by atoms with E-state index in [-0.39, 0.29) is 12.2 Å². The van der Waals surface area contributed by atoms with Crippen LogP contribution < -0.4 is 4.90 Å². The zero-order chi connectivity index (χ0) is 15.5. The summed E-state index contributed by atoms with van der Waals surface area (Å²) in [5.74, 6) is 0.719. The van der Waals surface area contributed by atoms with E-state index >= 15 is 0 Å². The number of morpholine rings is 1. The third-order valence-corrected chi connectivity index (χ3v) is 3.70. The van der Waals surface area contributed by atoms with Crippen molar-refractivity contribution in [1.82, 2.24) is 9.97 Å². The van der Waals surface area contributed by atoms with Gasteiger partial charge in [-0.3, -0.25) is 9.78 Å². The van der Waals surface area contributed by atoms with Gasteiger partial charge in [0.05, 0.1) is 23.5 Å². The van der Waals surface area contributed by atoms with Crippen molar-refractivity contribution in [1.29, 1.82) is 0 Å². The zero-order valence-electron chi connectivity index (χ0n) is 12.8. The molecule has 1 aliphatic rings. The fourth-order valence-electron chi connectivity index (χ4n) is 2.85. The first-order valence-electron chi connectivity index (χ1n) is 7.44. The lowest BCUT2D eigenvalue weighted by Crippen LogP contribution is -2.46. The van der Waals surface area contributed by atoms with Crippen LogP contribution in [0, 0.1) is 0 Å². The first-order valence-corrected chi connectivity index (χ1v) is 7.44. The highest BCUT2D eigenvalue weighted by Crippen LogP contribution is 2.25. The highest BCUT2D eigenvalue weighted by molar-refractivity contribution is 5.85. The molecule has 5 heteroatoms. The Morgan fingerprint density at radius 1 is 1.23 bits per heavy atom. The van der Waals surface area contributed by atoms with E-state index in [9.17, 15) is 4.79 Å².